The first-order valence-corrected chi connectivity index (χ1v) is 9.18. The van der Waals surface area contributed by atoms with Gasteiger partial charge in [-0.25, -0.2) is 9.97 Å². The van der Waals surface area contributed by atoms with Gasteiger partial charge in [-0.15, -0.1) is 0 Å². The fourth-order valence-electron chi connectivity index (χ4n) is 3.21. The number of aromatic nitrogens is 2. The molecule has 0 radical (unpaired) electrons. The van der Waals surface area contributed by atoms with Crippen molar-refractivity contribution >= 4 is 5.91 Å². The van der Waals surface area contributed by atoms with Crippen molar-refractivity contribution in [2.24, 2.45) is 5.92 Å². The number of likely N-dealkylation sites (tertiary alicyclic amines) is 1. The van der Waals surface area contributed by atoms with Crippen molar-refractivity contribution in [2.75, 3.05) is 33.4 Å². The van der Waals surface area contributed by atoms with Crippen LogP contribution in [0.4, 0.5) is 0 Å². The molecule has 1 aromatic heterocycles. The van der Waals surface area contributed by atoms with Gasteiger partial charge >= 0.3 is 0 Å². The molecule has 140 valence electrons. The Labute approximate surface area is 150 Å². The minimum Gasteiger partial charge on any atom is -0.382 e. The molecule has 1 atom stereocenters. The van der Waals surface area contributed by atoms with E-state index < -0.39 is 0 Å². The maximum Gasteiger partial charge on any atom is 0.222 e. The van der Waals surface area contributed by atoms with Crippen molar-refractivity contribution in [3.8, 4) is 0 Å². The summed E-state index contributed by atoms with van der Waals surface area (Å²) in [5.41, 5.74) is 2.05. The minimum atomic E-state index is 0.253. The van der Waals surface area contributed by atoms with Crippen LogP contribution in [0.25, 0.3) is 0 Å². The zero-order valence-electron chi connectivity index (χ0n) is 16.0. The monoisotopic (exact) mass is 349 g/mol. The smallest absolute Gasteiger partial charge is 0.222 e. The molecule has 2 heterocycles. The fourth-order valence-corrected chi connectivity index (χ4v) is 3.21. The van der Waals surface area contributed by atoms with E-state index in [4.69, 9.17) is 14.5 Å². The van der Waals surface area contributed by atoms with Gasteiger partial charge in [0.2, 0.25) is 5.91 Å². The molecule has 0 aliphatic carbocycles. The van der Waals surface area contributed by atoms with Gasteiger partial charge in [-0.05, 0) is 25.7 Å². The molecule has 6 nitrogen and oxygen atoms in total. The number of rotatable bonds is 8. The number of hydrogen-bond acceptors (Lipinski definition) is 5. The van der Waals surface area contributed by atoms with Gasteiger partial charge < -0.3 is 14.4 Å². The van der Waals surface area contributed by atoms with E-state index in [1.165, 1.54) is 0 Å². The van der Waals surface area contributed by atoms with Gasteiger partial charge in [0.1, 0.15) is 5.82 Å². The van der Waals surface area contributed by atoms with E-state index in [1.807, 2.05) is 18.0 Å². The summed E-state index contributed by atoms with van der Waals surface area (Å²) in [6.45, 7) is 9.28. The highest BCUT2D eigenvalue weighted by Gasteiger charge is 2.27. The number of amides is 1. The second-order valence-electron chi connectivity index (χ2n) is 7.15. The maximum absolute atomic E-state index is 12.4. The van der Waals surface area contributed by atoms with E-state index in [0.717, 1.165) is 43.0 Å². The molecule has 25 heavy (non-hydrogen) atoms. The molecule has 1 aliphatic heterocycles. The van der Waals surface area contributed by atoms with Crippen LogP contribution in [0.15, 0.2) is 6.20 Å². The molecule has 6 heteroatoms. The highest BCUT2D eigenvalue weighted by atomic mass is 16.5. The molecule has 0 N–H and O–H groups in total. The van der Waals surface area contributed by atoms with E-state index in [1.54, 1.807) is 7.11 Å². The van der Waals surface area contributed by atoms with Crippen molar-refractivity contribution in [2.45, 2.75) is 52.6 Å². The third-order valence-electron chi connectivity index (χ3n) is 4.45. The summed E-state index contributed by atoms with van der Waals surface area (Å²) in [5, 5.41) is 0. The van der Waals surface area contributed by atoms with Crippen LogP contribution in [0, 0.1) is 12.8 Å². The van der Waals surface area contributed by atoms with Crippen molar-refractivity contribution in [1.82, 2.24) is 14.9 Å². The van der Waals surface area contributed by atoms with E-state index >= 15 is 0 Å². The summed E-state index contributed by atoms with van der Waals surface area (Å²) < 4.78 is 10.7. The highest BCUT2D eigenvalue weighted by Crippen LogP contribution is 2.29. The summed E-state index contributed by atoms with van der Waals surface area (Å²) in [6.07, 6.45) is 4.54. The van der Waals surface area contributed by atoms with E-state index in [0.29, 0.717) is 32.2 Å². The Bertz CT molecular complexity index is 563. The molecule has 0 aromatic carbocycles. The molecule has 0 bridgehead atoms. The van der Waals surface area contributed by atoms with Crippen molar-refractivity contribution in [1.29, 1.82) is 0 Å². The lowest BCUT2D eigenvalue weighted by Gasteiger charge is -2.33. The van der Waals surface area contributed by atoms with E-state index in [-0.39, 0.29) is 11.8 Å². The lowest BCUT2D eigenvalue weighted by atomic mass is 9.91. The second kappa shape index (κ2) is 9.82. The largest absolute Gasteiger partial charge is 0.382 e. The van der Waals surface area contributed by atoms with E-state index in [2.05, 4.69) is 18.8 Å². The van der Waals surface area contributed by atoms with Gasteiger partial charge in [-0.3, -0.25) is 4.79 Å². The van der Waals surface area contributed by atoms with Crippen LogP contribution < -0.4 is 0 Å². The Kier molecular flexibility index (Phi) is 7.78. The number of hydrogen-bond donors (Lipinski definition) is 0. The maximum atomic E-state index is 12.4. The molecule has 1 fully saturated rings. The summed E-state index contributed by atoms with van der Waals surface area (Å²) in [6, 6.07) is 0. The van der Waals surface area contributed by atoms with Gasteiger partial charge in [-0.2, -0.15) is 0 Å². The standard InChI is InChI=1S/C19H31N3O3/c1-14(2)10-18(23)22-7-5-6-16(12-22)19-17(11-20-15(3)21-19)13-25-9-8-24-4/h11,14,16H,5-10,12-13H2,1-4H3. The van der Waals surface area contributed by atoms with Gasteiger partial charge in [0.05, 0.1) is 25.5 Å². The summed E-state index contributed by atoms with van der Waals surface area (Å²) in [7, 11) is 1.66. The molecule has 0 saturated carbocycles. The molecule has 1 unspecified atom stereocenters. The average molecular weight is 349 g/mol. The first-order valence-electron chi connectivity index (χ1n) is 9.18. The lowest BCUT2D eigenvalue weighted by molar-refractivity contribution is -0.133. The first-order chi connectivity index (χ1) is 12.0. The Morgan fingerprint density at radius 3 is 2.92 bits per heavy atom. The number of methoxy groups -OCH3 is 1. The van der Waals surface area contributed by atoms with Gasteiger partial charge in [-0.1, -0.05) is 13.8 Å². The Hall–Kier alpha value is -1.53. The Morgan fingerprint density at radius 1 is 1.40 bits per heavy atom. The van der Waals surface area contributed by atoms with Gasteiger partial charge in [0.25, 0.3) is 0 Å². The zero-order valence-corrected chi connectivity index (χ0v) is 16.0. The van der Waals surface area contributed by atoms with Crippen LogP contribution in [-0.4, -0.2) is 54.2 Å². The van der Waals surface area contributed by atoms with Crippen LogP contribution in [-0.2, 0) is 20.9 Å². The summed E-state index contributed by atoms with van der Waals surface area (Å²) in [5.74, 6) is 1.66. The number of aryl methyl sites for hydroxylation is 1. The van der Waals surface area contributed by atoms with Crippen LogP contribution in [0.3, 0.4) is 0 Å². The summed E-state index contributed by atoms with van der Waals surface area (Å²) >= 11 is 0. The fraction of sp³-hybridized carbons (Fsp3) is 0.737. The number of carbonyl (C=O) groups excluding carboxylic acids is 1. The predicted molar refractivity (Wildman–Crippen MR) is 96.3 cm³/mol. The average Bonchev–Trinajstić information content (AvgIpc) is 2.59. The number of nitrogens with zero attached hydrogens (tertiary/aromatic N) is 3. The lowest BCUT2D eigenvalue weighted by Crippen LogP contribution is -2.40. The first kappa shape index (κ1) is 19.8. The molecule has 1 aliphatic rings. The van der Waals surface area contributed by atoms with Crippen LogP contribution >= 0.6 is 0 Å². The molecular formula is C19H31N3O3. The molecule has 1 saturated heterocycles. The molecular weight excluding hydrogens is 318 g/mol. The van der Waals surface area contributed by atoms with Crippen molar-refractivity contribution in [3.05, 3.63) is 23.3 Å². The van der Waals surface area contributed by atoms with Crippen molar-refractivity contribution < 1.29 is 14.3 Å². The Morgan fingerprint density at radius 2 is 2.20 bits per heavy atom. The molecule has 2 rings (SSSR count). The highest BCUT2D eigenvalue weighted by molar-refractivity contribution is 5.76. The minimum absolute atomic E-state index is 0.253. The van der Waals surface area contributed by atoms with Crippen LogP contribution in [0.1, 0.15) is 56.1 Å². The SMILES string of the molecule is COCCOCc1cnc(C)nc1C1CCCN(C(=O)CC(C)C)C1. The third kappa shape index (κ3) is 6.04. The Balaban J connectivity index is 2.07. The quantitative estimate of drug-likeness (QED) is 0.675. The number of piperidine rings is 1. The van der Waals surface area contributed by atoms with Gasteiger partial charge in [0.15, 0.2) is 0 Å². The summed E-state index contributed by atoms with van der Waals surface area (Å²) in [4.78, 5) is 23.5. The van der Waals surface area contributed by atoms with E-state index in [9.17, 15) is 4.79 Å². The van der Waals surface area contributed by atoms with Gasteiger partial charge in [0, 0.05) is 44.3 Å². The predicted octanol–water partition coefficient (Wildman–Crippen LogP) is 2.70. The molecule has 0 spiro atoms. The number of carbonyl (C=O) groups is 1. The number of ether oxygens (including phenoxy) is 2. The third-order valence-corrected chi connectivity index (χ3v) is 4.45. The second-order valence-corrected chi connectivity index (χ2v) is 7.15. The normalized spacial score (nSPS) is 18.0. The molecule has 1 aromatic rings. The molecule has 1 amide bonds. The topological polar surface area (TPSA) is 64.6 Å². The van der Waals surface area contributed by atoms with Crippen LogP contribution in [0.5, 0.6) is 0 Å². The van der Waals surface area contributed by atoms with Crippen LogP contribution in [0.2, 0.25) is 0 Å². The van der Waals surface area contributed by atoms with Crippen molar-refractivity contribution in [3.63, 3.8) is 0 Å². The zero-order chi connectivity index (χ0) is 18.2.